The number of carbonyl (C=O) groups excluding carboxylic acids is 2. The van der Waals surface area contributed by atoms with E-state index >= 15 is 0 Å². The van der Waals surface area contributed by atoms with E-state index in [2.05, 4.69) is 6.92 Å². The maximum atomic E-state index is 11.3. The lowest BCUT2D eigenvalue weighted by Gasteiger charge is -2.19. The number of carbonyl (C=O) groups is 2. The Morgan fingerprint density at radius 1 is 1.57 bits per heavy atom. The minimum Gasteiger partial charge on any atom is -0.300 e. The molecule has 0 aromatic rings. The normalized spacial score (nSPS) is 27.4. The van der Waals surface area contributed by atoms with Crippen LogP contribution in [0, 0.1) is 11.8 Å². The van der Waals surface area contributed by atoms with Gasteiger partial charge in [0, 0.05) is 12.8 Å². The van der Waals surface area contributed by atoms with E-state index in [0.29, 0.717) is 24.7 Å². The van der Waals surface area contributed by atoms with Crippen LogP contribution in [0.4, 0.5) is 0 Å². The van der Waals surface area contributed by atoms with Gasteiger partial charge in [0.05, 0.1) is 0 Å². The molecular weight excluding hydrogens is 176 g/mol. The molecule has 0 saturated heterocycles. The lowest BCUT2D eigenvalue weighted by Crippen LogP contribution is -2.14. The van der Waals surface area contributed by atoms with E-state index < -0.39 is 0 Å². The first-order valence-corrected chi connectivity index (χ1v) is 5.28. The fourth-order valence-electron chi connectivity index (χ4n) is 1.91. The van der Waals surface area contributed by atoms with Crippen molar-refractivity contribution in [1.29, 1.82) is 0 Å². The molecule has 0 fully saturated rings. The quantitative estimate of drug-likeness (QED) is 0.691. The lowest BCUT2D eigenvalue weighted by atomic mass is 9.85. The number of Topliss-reactive ketones (excluding diaryl/α,β-unsaturated/α-hetero) is 1. The van der Waals surface area contributed by atoms with Gasteiger partial charge in [-0.05, 0) is 37.7 Å². The highest BCUT2D eigenvalue weighted by Gasteiger charge is 2.21. The summed E-state index contributed by atoms with van der Waals surface area (Å²) in [6.07, 6.45) is 6.70. The molecule has 0 spiro atoms. The van der Waals surface area contributed by atoms with E-state index in [1.807, 2.05) is 6.08 Å². The Hall–Kier alpha value is -0.920. The van der Waals surface area contributed by atoms with Crippen molar-refractivity contribution in [2.45, 2.75) is 39.5 Å². The zero-order chi connectivity index (χ0) is 10.6. The van der Waals surface area contributed by atoms with E-state index in [9.17, 15) is 9.59 Å². The number of rotatable bonds is 3. The summed E-state index contributed by atoms with van der Waals surface area (Å²) in [5.41, 5.74) is 0. The molecule has 0 aromatic carbocycles. The van der Waals surface area contributed by atoms with Crippen molar-refractivity contribution < 1.29 is 9.59 Å². The van der Waals surface area contributed by atoms with Crippen molar-refractivity contribution in [1.82, 2.24) is 0 Å². The largest absolute Gasteiger partial charge is 0.300 e. The summed E-state index contributed by atoms with van der Waals surface area (Å²) in [5, 5.41) is 0. The molecule has 1 aliphatic rings. The van der Waals surface area contributed by atoms with Crippen LogP contribution in [0.5, 0.6) is 0 Å². The molecule has 0 amide bonds. The zero-order valence-electron chi connectivity index (χ0n) is 8.95. The van der Waals surface area contributed by atoms with Gasteiger partial charge in [0.2, 0.25) is 0 Å². The highest BCUT2D eigenvalue weighted by Crippen LogP contribution is 2.27. The van der Waals surface area contributed by atoms with Crippen molar-refractivity contribution in [3.63, 3.8) is 0 Å². The maximum absolute atomic E-state index is 11.3. The van der Waals surface area contributed by atoms with Crippen molar-refractivity contribution >= 4 is 11.6 Å². The topological polar surface area (TPSA) is 34.1 Å². The predicted molar refractivity (Wildman–Crippen MR) is 56.0 cm³/mol. The summed E-state index contributed by atoms with van der Waals surface area (Å²) < 4.78 is 0. The number of hydrogen-bond donors (Lipinski definition) is 0. The Balaban J connectivity index is 2.49. The minimum atomic E-state index is 0.211. The monoisotopic (exact) mass is 194 g/mol. The van der Waals surface area contributed by atoms with Gasteiger partial charge in [-0.15, -0.1) is 0 Å². The van der Waals surface area contributed by atoms with Crippen molar-refractivity contribution in [2.75, 3.05) is 0 Å². The molecule has 0 unspecified atom stereocenters. The van der Waals surface area contributed by atoms with Gasteiger partial charge < -0.3 is 4.79 Å². The van der Waals surface area contributed by atoms with Gasteiger partial charge in [-0.3, -0.25) is 4.79 Å². The predicted octanol–water partition coefficient (Wildman–Crippen LogP) is 2.53. The van der Waals surface area contributed by atoms with Gasteiger partial charge in [0.1, 0.15) is 5.78 Å². The third-order valence-electron chi connectivity index (χ3n) is 2.95. The molecule has 0 heterocycles. The molecule has 14 heavy (non-hydrogen) atoms. The van der Waals surface area contributed by atoms with Crippen LogP contribution in [-0.2, 0) is 9.59 Å². The smallest absolute Gasteiger partial charge is 0.155 e. The van der Waals surface area contributed by atoms with E-state index in [1.165, 1.54) is 0 Å². The van der Waals surface area contributed by atoms with Crippen LogP contribution in [0.3, 0.4) is 0 Å². The Labute approximate surface area is 85.4 Å². The molecule has 0 N–H and O–H groups in total. The van der Waals surface area contributed by atoms with Gasteiger partial charge >= 0.3 is 0 Å². The summed E-state index contributed by atoms with van der Waals surface area (Å²) in [5.74, 6) is 1.35. The van der Waals surface area contributed by atoms with Crippen LogP contribution in [0.2, 0.25) is 0 Å². The van der Waals surface area contributed by atoms with Crippen molar-refractivity contribution in [3.05, 3.63) is 12.2 Å². The summed E-state index contributed by atoms with van der Waals surface area (Å²) >= 11 is 0. The highest BCUT2D eigenvalue weighted by molar-refractivity contribution is 5.90. The molecule has 0 radical (unpaired) electrons. The number of hydrogen-bond acceptors (Lipinski definition) is 2. The van der Waals surface area contributed by atoms with Gasteiger partial charge in [-0.2, -0.15) is 0 Å². The molecule has 1 aliphatic carbocycles. The van der Waals surface area contributed by atoms with E-state index in [0.717, 1.165) is 12.8 Å². The number of ketones is 2. The molecule has 0 saturated carbocycles. The first-order valence-electron chi connectivity index (χ1n) is 5.28. The third-order valence-corrected chi connectivity index (χ3v) is 2.95. The third kappa shape index (κ3) is 3.44. The fourth-order valence-corrected chi connectivity index (χ4v) is 1.91. The molecule has 0 bridgehead atoms. The van der Waals surface area contributed by atoms with Crippen LogP contribution < -0.4 is 0 Å². The zero-order valence-corrected chi connectivity index (χ0v) is 8.95. The molecule has 2 nitrogen and oxygen atoms in total. The second-order valence-electron chi connectivity index (χ2n) is 4.29. The summed E-state index contributed by atoms with van der Waals surface area (Å²) in [7, 11) is 0. The van der Waals surface area contributed by atoms with Crippen LogP contribution in [0.1, 0.15) is 39.5 Å². The number of allylic oxidation sites excluding steroid dienone is 2. The van der Waals surface area contributed by atoms with Gasteiger partial charge in [0.15, 0.2) is 5.78 Å². The molecular formula is C12H18O2. The first-order chi connectivity index (χ1) is 6.59. The highest BCUT2D eigenvalue weighted by atomic mass is 16.1. The summed E-state index contributed by atoms with van der Waals surface area (Å²) in [4.78, 5) is 22.2. The average molecular weight is 194 g/mol. The van der Waals surface area contributed by atoms with Crippen molar-refractivity contribution in [3.8, 4) is 0 Å². The first kappa shape index (κ1) is 11.2. The summed E-state index contributed by atoms with van der Waals surface area (Å²) in [6, 6.07) is 0. The average Bonchev–Trinajstić information content (AvgIpc) is 2.25. The molecule has 1 rings (SSSR count). The van der Waals surface area contributed by atoms with Gasteiger partial charge in [-0.25, -0.2) is 0 Å². The van der Waals surface area contributed by atoms with E-state index in [-0.39, 0.29) is 11.6 Å². The Bertz CT molecular complexity index is 253. The lowest BCUT2D eigenvalue weighted by molar-refractivity contribution is -0.118. The molecule has 78 valence electrons. The minimum absolute atomic E-state index is 0.211. The van der Waals surface area contributed by atoms with E-state index in [4.69, 9.17) is 0 Å². The van der Waals surface area contributed by atoms with Crippen molar-refractivity contribution in [2.24, 2.45) is 11.8 Å². The molecule has 2 heteroatoms. The SMILES string of the molecule is CC(=O)CC[C@@H]1CC(=O)C=CC[C@@H]1C. The Morgan fingerprint density at radius 3 is 2.93 bits per heavy atom. The van der Waals surface area contributed by atoms with Gasteiger partial charge in [0.25, 0.3) is 0 Å². The standard InChI is InChI=1S/C12H18O2/c1-9-4-3-5-12(14)8-11(9)7-6-10(2)13/h3,5,9,11H,4,6-8H2,1-2H3/t9-,11+/m0/s1. The molecule has 0 aromatic heterocycles. The Kier molecular flexibility index (Phi) is 4.05. The van der Waals surface area contributed by atoms with E-state index in [1.54, 1.807) is 13.0 Å². The second kappa shape index (κ2) is 5.08. The summed E-state index contributed by atoms with van der Waals surface area (Å²) in [6.45, 7) is 3.77. The molecule has 2 atom stereocenters. The van der Waals surface area contributed by atoms with Crippen LogP contribution >= 0.6 is 0 Å². The second-order valence-corrected chi connectivity index (χ2v) is 4.29. The van der Waals surface area contributed by atoms with Crippen LogP contribution in [-0.4, -0.2) is 11.6 Å². The maximum Gasteiger partial charge on any atom is 0.155 e. The Morgan fingerprint density at radius 2 is 2.29 bits per heavy atom. The van der Waals surface area contributed by atoms with Crippen LogP contribution in [0.25, 0.3) is 0 Å². The van der Waals surface area contributed by atoms with Gasteiger partial charge in [-0.1, -0.05) is 13.0 Å². The molecule has 0 aliphatic heterocycles. The fraction of sp³-hybridized carbons (Fsp3) is 0.667. The van der Waals surface area contributed by atoms with Crippen LogP contribution in [0.15, 0.2) is 12.2 Å².